The highest BCUT2D eigenvalue weighted by molar-refractivity contribution is 8.04. The molecule has 0 aromatic carbocycles. The molecule has 0 spiro atoms. The van der Waals surface area contributed by atoms with Gasteiger partial charge < -0.3 is 0 Å². The van der Waals surface area contributed by atoms with Crippen molar-refractivity contribution in [2.75, 3.05) is 0 Å². The second-order valence-corrected chi connectivity index (χ2v) is 4.49. The van der Waals surface area contributed by atoms with Gasteiger partial charge in [-0.1, -0.05) is 0 Å². The fraction of sp³-hybridized carbons (Fsp3) is 0. The lowest BCUT2D eigenvalue weighted by molar-refractivity contribution is 0.858. The predicted octanol–water partition coefficient (Wildman–Crippen LogP) is 1.88. The average Bonchev–Trinajstić information content (AvgIpc) is 2.26. The Labute approximate surface area is 88.6 Å². The summed E-state index contributed by atoms with van der Waals surface area (Å²) in [6.07, 6.45) is 6.75. The molecule has 2 aromatic heterocycles. The third kappa shape index (κ3) is 1.27. The molecule has 68 valence electrons. The second-order valence-electron chi connectivity index (χ2n) is 2.54. The first-order valence-electron chi connectivity index (χ1n) is 3.91. The zero-order valence-corrected chi connectivity index (χ0v) is 8.55. The van der Waals surface area contributed by atoms with Gasteiger partial charge in [0.1, 0.15) is 20.1 Å². The van der Waals surface area contributed by atoms with E-state index in [-0.39, 0.29) is 0 Å². The molecular weight excluding hydrogens is 216 g/mol. The maximum Gasteiger partial charge on any atom is 0.135 e. The zero-order valence-electron chi connectivity index (χ0n) is 6.91. The summed E-state index contributed by atoms with van der Waals surface area (Å²) in [5.41, 5.74) is 0. The molecule has 4 nitrogen and oxygen atoms in total. The van der Waals surface area contributed by atoms with Crippen LogP contribution < -0.4 is 0 Å². The minimum Gasteiger partial charge on any atom is -0.245 e. The number of nitrogens with zero attached hydrogens (tertiary/aromatic N) is 4. The van der Waals surface area contributed by atoms with Gasteiger partial charge in [-0.2, -0.15) is 0 Å². The summed E-state index contributed by atoms with van der Waals surface area (Å²) in [5, 5.41) is 3.63. The molecule has 3 heterocycles. The number of hydrogen-bond donors (Lipinski definition) is 0. The van der Waals surface area contributed by atoms with Crippen LogP contribution in [0.1, 0.15) is 0 Å². The molecule has 6 heteroatoms. The molecule has 0 atom stereocenters. The van der Waals surface area contributed by atoms with Crippen LogP contribution in [0.25, 0.3) is 0 Å². The summed E-state index contributed by atoms with van der Waals surface area (Å²) in [6, 6.07) is 0. The fourth-order valence-electron chi connectivity index (χ4n) is 1.09. The summed E-state index contributed by atoms with van der Waals surface area (Å²) < 4.78 is 0. The van der Waals surface area contributed by atoms with Crippen LogP contribution in [-0.2, 0) is 0 Å². The fourth-order valence-corrected chi connectivity index (χ4v) is 2.97. The van der Waals surface area contributed by atoms with Gasteiger partial charge in [-0.3, -0.25) is 0 Å². The summed E-state index contributed by atoms with van der Waals surface area (Å²) in [4.78, 5) is 16.9. The molecule has 0 saturated carbocycles. The zero-order chi connectivity index (χ0) is 9.38. The van der Waals surface area contributed by atoms with Crippen LogP contribution in [0.4, 0.5) is 0 Å². The minimum absolute atomic E-state index is 0.908. The van der Waals surface area contributed by atoms with Gasteiger partial charge in [-0.25, -0.2) is 19.9 Å². The van der Waals surface area contributed by atoms with Gasteiger partial charge in [0.05, 0.1) is 0 Å². The molecule has 0 radical (unpaired) electrons. The smallest absolute Gasteiger partial charge is 0.135 e. The Morgan fingerprint density at radius 3 is 1.14 bits per heavy atom. The molecule has 0 fully saturated rings. The average molecular weight is 220 g/mol. The quantitative estimate of drug-likeness (QED) is 0.576. The molecule has 0 saturated heterocycles. The number of hydrogen-bond acceptors (Lipinski definition) is 6. The largest absolute Gasteiger partial charge is 0.245 e. The Bertz CT molecular complexity index is 401. The van der Waals surface area contributed by atoms with E-state index in [4.69, 9.17) is 0 Å². The number of aromatic nitrogens is 4. The molecule has 0 N–H and O–H groups in total. The van der Waals surface area contributed by atoms with Crippen molar-refractivity contribution in [3.8, 4) is 0 Å². The van der Waals surface area contributed by atoms with Crippen molar-refractivity contribution < 1.29 is 0 Å². The minimum atomic E-state index is 0.908. The maximum atomic E-state index is 4.23. The SMILES string of the molecule is c1cnc2c(n1)Sc1nccnc1S2. The highest BCUT2D eigenvalue weighted by Gasteiger charge is 2.20. The number of rotatable bonds is 0. The van der Waals surface area contributed by atoms with Gasteiger partial charge in [0, 0.05) is 24.8 Å². The van der Waals surface area contributed by atoms with Crippen molar-refractivity contribution in [1.29, 1.82) is 0 Å². The molecular formula is C8H4N4S2. The predicted molar refractivity (Wildman–Crippen MR) is 52.3 cm³/mol. The Balaban J connectivity index is 2.12. The van der Waals surface area contributed by atoms with Crippen molar-refractivity contribution in [3.05, 3.63) is 24.8 Å². The molecule has 0 unspecified atom stereocenters. The van der Waals surface area contributed by atoms with Crippen LogP contribution in [0.5, 0.6) is 0 Å². The number of fused-ring (bicyclic) bond motifs is 2. The van der Waals surface area contributed by atoms with Gasteiger partial charge in [0.25, 0.3) is 0 Å². The van der Waals surface area contributed by atoms with Crippen LogP contribution in [0, 0.1) is 0 Å². The van der Waals surface area contributed by atoms with E-state index in [1.54, 1.807) is 24.8 Å². The van der Waals surface area contributed by atoms with E-state index >= 15 is 0 Å². The van der Waals surface area contributed by atoms with Gasteiger partial charge in [-0.05, 0) is 23.5 Å². The van der Waals surface area contributed by atoms with Gasteiger partial charge in [0.15, 0.2) is 0 Å². The normalized spacial score (nSPS) is 13.1. The van der Waals surface area contributed by atoms with Crippen LogP contribution in [0.2, 0.25) is 0 Å². The Morgan fingerprint density at radius 2 is 0.857 bits per heavy atom. The summed E-state index contributed by atoms with van der Waals surface area (Å²) in [5.74, 6) is 0. The highest BCUT2D eigenvalue weighted by Crippen LogP contribution is 2.43. The Kier molecular flexibility index (Phi) is 1.88. The molecule has 3 rings (SSSR count). The van der Waals surface area contributed by atoms with E-state index in [9.17, 15) is 0 Å². The Hall–Kier alpha value is -1.14. The molecule has 1 aliphatic heterocycles. The van der Waals surface area contributed by atoms with Crippen LogP contribution in [-0.4, -0.2) is 19.9 Å². The van der Waals surface area contributed by atoms with Gasteiger partial charge >= 0.3 is 0 Å². The standard InChI is InChI=1S/C8H4N4S2/c1-2-10-6-5(9-1)13-7-8(14-6)12-4-3-11-7/h1-4H. The van der Waals surface area contributed by atoms with Gasteiger partial charge in [0.2, 0.25) is 0 Å². The Morgan fingerprint density at radius 1 is 0.571 bits per heavy atom. The van der Waals surface area contributed by atoms with Crippen LogP contribution in [0.3, 0.4) is 0 Å². The van der Waals surface area contributed by atoms with Crippen molar-refractivity contribution >= 4 is 23.5 Å². The van der Waals surface area contributed by atoms with Crippen molar-refractivity contribution in [2.45, 2.75) is 20.1 Å². The summed E-state index contributed by atoms with van der Waals surface area (Å²) in [7, 11) is 0. The van der Waals surface area contributed by atoms with Crippen molar-refractivity contribution in [3.63, 3.8) is 0 Å². The van der Waals surface area contributed by atoms with Gasteiger partial charge in [-0.15, -0.1) is 0 Å². The lowest BCUT2D eigenvalue weighted by atomic mass is 10.7. The third-order valence-corrected chi connectivity index (χ3v) is 3.88. The molecule has 1 aliphatic rings. The first kappa shape index (κ1) is 8.19. The third-order valence-electron chi connectivity index (χ3n) is 1.65. The van der Waals surface area contributed by atoms with Crippen LogP contribution >= 0.6 is 23.5 Å². The van der Waals surface area contributed by atoms with Crippen molar-refractivity contribution in [1.82, 2.24) is 19.9 Å². The van der Waals surface area contributed by atoms with E-state index in [1.807, 2.05) is 0 Å². The maximum absolute atomic E-state index is 4.23. The van der Waals surface area contributed by atoms with Crippen LogP contribution in [0.15, 0.2) is 44.9 Å². The topological polar surface area (TPSA) is 51.6 Å². The summed E-state index contributed by atoms with van der Waals surface area (Å²) >= 11 is 3.03. The van der Waals surface area contributed by atoms with E-state index in [2.05, 4.69) is 19.9 Å². The molecule has 0 amide bonds. The molecule has 0 aliphatic carbocycles. The monoisotopic (exact) mass is 220 g/mol. The van der Waals surface area contributed by atoms with E-state index in [0.29, 0.717) is 0 Å². The van der Waals surface area contributed by atoms with E-state index < -0.39 is 0 Å². The van der Waals surface area contributed by atoms with E-state index in [0.717, 1.165) is 20.1 Å². The van der Waals surface area contributed by atoms with Crippen molar-refractivity contribution in [2.24, 2.45) is 0 Å². The van der Waals surface area contributed by atoms with E-state index in [1.165, 1.54) is 23.5 Å². The molecule has 2 aromatic rings. The lowest BCUT2D eigenvalue weighted by Crippen LogP contribution is -1.97. The lowest BCUT2D eigenvalue weighted by Gasteiger charge is -2.12. The second kappa shape index (κ2) is 3.21. The summed E-state index contributed by atoms with van der Waals surface area (Å²) in [6.45, 7) is 0. The molecule has 0 bridgehead atoms. The molecule has 14 heavy (non-hydrogen) atoms. The first-order valence-corrected chi connectivity index (χ1v) is 5.54. The highest BCUT2D eigenvalue weighted by atomic mass is 32.2. The first-order chi connectivity index (χ1) is 6.93.